The highest BCUT2D eigenvalue weighted by Crippen LogP contribution is 2.31. The van der Waals surface area contributed by atoms with Gasteiger partial charge in [0.2, 0.25) is 0 Å². The maximum absolute atomic E-state index is 12.9. The molecule has 2 N–H and O–H groups in total. The van der Waals surface area contributed by atoms with Crippen LogP contribution < -0.4 is 20.1 Å². The zero-order valence-electron chi connectivity index (χ0n) is 19.7. The number of rotatable bonds is 9. The van der Waals surface area contributed by atoms with Gasteiger partial charge < -0.3 is 24.8 Å². The monoisotopic (exact) mass is 453 g/mol. The van der Waals surface area contributed by atoms with Crippen molar-refractivity contribution in [3.8, 4) is 11.5 Å². The molecule has 176 valence electrons. The van der Waals surface area contributed by atoms with E-state index in [2.05, 4.69) is 10.6 Å². The lowest BCUT2D eigenvalue weighted by Crippen LogP contribution is -2.48. The molecule has 2 aromatic rings. The average Bonchev–Trinajstić information content (AvgIpc) is 2.80. The number of benzene rings is 2. The molecular weight excluding hydrogens is 422 g/mol. The lowest BCUT2D eigenvalue weighted by Gasteiger charge is -2.31. The number of urea groups is 1. The van der Waals surface area contributed by atoms with Gasteiger partial charge in [0.25, 0.3) is 0 Å². The number of amides is 2. The molecule has 3 rings (SSSR count). The Bertz CT molecular complexity index is 1040. The number of carbonyl (C=O) groups excluding carboxylic acids is 2. The molecule has 1 atom stereocenters. The molecule has 1 aliphatic rings. The zero-order chi connectivity index (χ0) is 24.0. The summed E-state index contributed by atoms with van der Waals surface area (Å²) < 4.78 is 16.1. The smallest absolute Gasteiger partial charge is 0.338 e. The first-order valence-corrected chi connectivity index (χ1v) is 10.8. The Morgan fingerprint density at radius 3 is 2.36 bits per heavy atom. The van der Waals surface area contributed by atoms with E-state index in [0.29, 0.717) is 35.9 Å². The first-order chi connectivity index (χ1) is 15.9. The topological polar surface area (TPSA) is 89.1 Å². The van der Waals surface area contributed by atoms with Crippen LogP contribution in [0.3, 0.4) is 0 Å². The largest absolute Gasteiger partial charge is 0.493 e. The highest BCUT2D eigenvalue weighted by molar-refractivity contribution is 5.95. The summed E-state index contributed by atoms with van der Waals surface area (Å²) in [5, 5.41) is 5.67. The fourth-order valence-electron chi connectivity index (χ4n) is 3.90. The van der Waals surface area contributed by atoms with Crippen molar-refractivity contribution in [3.05, 3.63) is 70.4 Å². The van der Waals surface area contributed by atoms with E-state index in [9.17, 15) is 9.59 Å². The van der Waals surface area contributed by atoms with Gasteiger partial charge in [-0.05, 0) is 49.7 Å². The van der Waals surface area contributed by atoms with Crippen LogP contribution in [0.5, 0.6) is 11.5 Å². The Hall–Kier alpha value is -3.52. The van der Waals surface area contributed by atoms with E-state index in [4.69, 9.17) is 14.2 Å². The molecule has 33 heavy (non-hydrogen) atoms. The van der Waals surface area contributed by atoms with Crippen LogP contribution in [-0.4, -0.2) is 51.3 Å². The van der Waals surface area contributed by atoms with E-state index < -0.39 is 12.0 Å². The molecule has 0 bridgehead atoms. The van der Waals surface area contributed by atoms with Crippen LogP contribution in [0.1, 0.15) is 29.7 Å². The maximum Gasteiger partial charge on any atom is 0.338 e. The van der Waals surface area contributed by atoms with Gasteiger partial charge in [-0.3, -0.25) is 4.90 Å². The van der Waals surface area contributed by atoms with Gasteiger partial charge in [-0.1, -0.05) is 30.3 Å². The molecule has 1 unspecified atom stereocenters. The van der Waals surface area contributed by atoms with Crippen molar-refractivity contribution >= 4 is 12.0 Å². The Labute approximate surface area is 194 Å². The van der Waals surface area contributed by atoms with E-state index in [1.807, 2.05) is 61.3 Å². The van der Waals surface area contributed by atoms with Crippen molar-refractivity contribution in [1.29, 1.82) is 0 Å². The second kappa shape index (κ2) is 10.9. The quantitative estimate of drug-likeness (QED) is 0.567. The highest BCUT2D eigenvalue weighted by Gasteiger charge is 2.34. The molecule has 8 nitrogen and oxygen atoms in total. The Kier molecular flexibility index (Phi) is 7.95. The van der Waals surface area contributed by atoms with Crippen LogP contribution in [0.2, 0.25) is 0 Å². The maximum atomic E-state index is 12.9. The normalized spacial score (nSPS) is 15.7. The number of nitrogens with zero attached hydrogens (tertiary/aromatic N) is 1. The minimum absolute atomic E-state index is 0.242. The number of nitrogens with one attached hydrogen (secondary N) is 2. The average molecular weight is 454 g/mol. The number of ether oxygens (including phenoxy) is 3. The first-order valence-electron chi connectivity index (χ1n) is 10.8. The van der Waals surface area contributed by atoms with Crippen LogP contribution in [0.25, 0.3) is 0 Å². The summed E-state index contributed by atoms with van der Waals surface area (Å²) in [5.74, 6) is 0.867. The van der Waals surface area contributed by atoms with Gasteiger partial charge in [-0.2, -0.15) is 0 Å². The predicted octanol–water partition coefficient (Wildman–Crippen LogP) is 3.32. The second-order valence-corrected chi connectivity index (χ2v) is 7.86. The van der Waals surface area contributed by atoms with E-state index in [1.165, 1.54) is 0 Å². The molecule has 0 fully saturated rings. The third-order valence-corrected chi connectivity index (χ3v) is 5.49. The Morgan fingerprint density at radius 1 is 1.06 bits per heavy atom. The van der Waals surface area contributed by atoms with Crippen molar-refractivity contribution in [3.63, 3.8) is 0 Å². The number of esters is 1. The summed E-state index contributed by atoms with van der Waals surface area (Å²) in [7, 11) is 5.14. The molecule has 0 saturated carbocycles. The lowest BCUT2D eigenvalue weighted by molar-refractivity contribution is -0.139. The van der Waals surface area contributed by atoms with Crippen molar-refractivity contribution < 1.29 is 23.8 Å². The van der Waals surface area contributed by atoms with E-state index in [0.717, 1.165) is 16.7 Å². The molecule has 0 saturated heterocycles. The van der Waals surface area contributed by atoms with Gasteiger partial charge in [-0.25, -0.2) is 9.59 Å². The predicted molar refractivity (Wildman–Crippen MR) is 125 cm³/mol. The van der Waals surface area contributed by atoms with E-state index in [-0.39, 0.29) is 12.6 Å². The molecule has 0 aromatic heterocycles. The van der Waals surface area contributed by atoms with Crippen LogP contribution in [0, 0.1) is 6.92 Å². The van der Waals surface area contributed by atoms with E-state index in [1.54, 1.807) is 21.1 Å². The minimum atomic E-state index is -0.592. The summed E-state index contributed by atoms with van der Waals surface area (Å²) in [4.78, 5) is 27.4. The van der Waals surface area contributed by atoms with Gasteiger partial charge in [0.1, 0.15) is 0 Å². The van der Waals surface area contributed by atoms with Crippen LogP contribution in [0.15, 0.2) is 53.7 Å². The lowest BCUT2D eigenvalue weighted by atomic mass is 9.95. The number of likely N-dealkylation sites (N-methyl/N-ethyl adjacent to an activating group) is 1. The zero-order valence-corrected chi connectivity index (χ0v) is 19.7. The SMILES string of the molecule is CCOC(=O)C1=C(CN(C)Cc2cc(OC)c(OC)cc2C)NC(=O)NC1c1ccccc1. The van der Waals surface area contributed by atoms with Crippen molar-refractivity contribution in [1.82, 2.24) is 15.5 Å². The number of methoxy groups -OCH3 is 2. The fraction of sp³-hybridized carbons (Fsp3) is 0.360. The third kappa shape index (κ3) is 5.64. The summed E-state index contributed by atoms with van der Waals surface area (Å²) in [5.41, 5.74) is 3.83. The van der Waals surface area contributed by atoms with Crippen LogP contribution >= 0.6 is 0 Å². The third-order valence-electron chi connectivity index (χ3n) is 5.49. The molecule has 1 aliphatic heterocycles. The van der Waals surface area contributed by atoms with Gasteiger partial charge >= 0.3 is 12.0 Å². The molecule has 0 aliphatic carbocycles. The summed E-state index contributed by atoms with van der Waals surface area (Å²) in [6.07, 6.45) is 0. The molecule has 0 radical (unpaired) electrons. The molecule has 8 heteroatoms. The number of hydrogen-bond acceptors (Lipinski definition) is 6. The molecule has 0 spiro atoms. The fourth-order valence-corrected chi connectivity index (χ4v) is 3.90. The van der Waals surface area contributed by atoms with Crippen molar-refractivity contribution in [2.24, 2.45) is 0 Å². The highest BCUT2D eigenvalue weighted by atomic mass is 16.5. The van der Waals surface area contributed by atoms with Crippen LogP contribution in [-0.2, 0) is 16.1 Å². The molecule has 2 amide bonds. The summed E-state index contributed by atoms with van der Waals surface area (Å²) in [6, 6.07) is 12.3. The first kappa shape index (κ1) is 24.1. The molecule has 1 heterocycles. The number of aryl methyl sites for hydroxylation is 1. The van der Waals surface area contributed by atoms with Crippen molar-refractivity contribution in [2.75, 3.05) is 34.4 Å². The van der Waals surface area contributed by atoms with Gasteiger partial charge in [0, 0.05) is 18.8 Å². The Morgan fingerprint density at radius 2 is 1.73 bits per heavy atom. The number of carbonyl (C=O) groups is 2. The van der Waals surface area contributed by atoms with E-state index >= 15 is 0 Å². The van der Waals surface area contributed by atoms with Gasteiger partial charge in [0.15, 0.2) is 11.5 Å². The summed E-state index contributed by atoms with van der Waals surface area (Å²) in [6.45, 7) is 4.93. The Balaban J connectivity index is 1.92. The van der Waals surface area contributed by atoms with Gasteiger partial charge in [0.05, 0.1) is 32.4 Å². The molecular formula is C25H31N3O5. The second-order valence-electron chi connectivity index (χ2n) is 7.86. The minimum Gasteiger partial charge on any atom is -0.493 e. The molecule has 2 aromatic carbocycles. The van der Waals surface area contributed by atoms with Crippen LogP contribution in [0.4, 0.5) is 4.79 Å². The van der Waals surface area contributed by atoms with Gasteiger partial charge in [-0.15, -0.1) is 0 Å². The number of hydrogen-bond donors (Lipinski definition) is 2. The standard InChI is InChI=1S/C25H31N3O5/c1-6-33-24(29)22-19(26-25(30)27-23(22)17-10-8-7-9-11-17)15-28(3)14-18-13-21(32-5)20(31-4)12-16(18)2/h7-13,23H,6,14-15H2,1-5H3,(H2,26,27,30). The summed E-state index contributed by atoms with van der Waals surface area (Å²) >= 11 is 0. The van der Waals surface area contributed by atoms with Crippen molar-refractivity contribution in [2.45, 2.75) is 26.4 Å².